The van der Waals surface area contributed by atoms with Gasteiger partial charge in [-0.2, -0.15) is 5.11 Å². The lowest BCUT2D eigenvalue weighted by molar-refractivity contribution is 0.477. The Morgan fingerprint density at radius 1 is 0.647 bits per heavy atom. The average molecular weight is 461 g/mol. The Morgan fingerprint density at radius 2 is 1.29 bits per heavy atom. The number of aromatic hydroxyl groups is 1. The summed E-state index contributed by atoms with van der Waals surface area (Å²) in [7, 11) is -0.702. The second-order valence-corrected chi connectivity index (χ2v) is 10.3. The molecule has 0 amide bonds. The molecule has 0 saturated carbocycles. The molecule has 166 valence electrons. The lowest BCUT2D eigenvalue weighted by atomic mass is 10.1. The Morgan fingerprint density at radius 3 is 1.91 bits per heavy atom. The van der Waals surface area contributed by atoms with Crippen LogP contribution in [0.3, 0.4) is 0 Å². The molecular weight excluding hydrogens is 435 g/mol. The molecule has 0 heterocycles. The molecule has 0 unspecified atom stereocenters. The predicted molar refractivity (Wildman–Crippen MR) is 144 cm³/mol. The Balaban J connectivity index is 1.57. The molecule has 5 aromatic carbocycles. The van der Waals surface area contributed by atoms with E-state index < -0.39 is 7.92 Å². The molecule has 0 aliphatic carbocycles. The molecule has 5 rings (SSSR count). The number of fused-ring (bicyclic) bond motifs is 1. The minimum atomic E-state index is -0.702. The summed E-state index contributed by atoms with van der Waals surface area (Å²) in [6.07, 6.45) is 0.984. The molecule has 0 fully saturated rings. The number of hydrogen-bond acceptors (Lipinski definition) is 3. The molecular formula is C30H25N2OP. The van der Waals surface area contributed by atoms with E-state index in [1.807, 2.05) is 18.2 Å². The van der Waals surface area contributed by atoms with E-state index in [1.54, 1.807) is 6.07 Å². The Hall–Kier alpha value is -3.81. The van der Waals surface area contributed by atoms with Gasteiger partial charge in [0.2, 0.25) is 0 Å². The minimum Gasteiger partial charge on any atom is -0.506 e. The lowest BCUT2D eigenvalue weighted by Gasteiger charge is -2.20. The van der Waals surface area contributed by atoms with Gasteiger partial charge >= 0.3 is 0 Å². The molecule has 0 aromatic heterocycles. The molecule has 0 radical (unpaired) electrons. The topological polar surface area (TPSA) is 45.0 Å². The van der Waals surface area contributed by atoms with Crippen molar-refractivity contribution in [2.45, 2.75) is 13.3 Å². The van der Waals surface area contributed by atoms with Gasteiger partial charge in [-0.25, -0.2) is 0 Å². The summed E-state index contributed by atoms with van der Waals surface area (Å²) in [6.45, 7) is 2.13. The first-order valence-corrected chi connectivity index (χ1v) is 12.7. The number of aryl methyl sites for hydroxylation is 1. The molecule has 0 aliphatic heterocycles. The van der Waals surface area contributed by atoms with Crippen molar-refractivity contribution in [3.05, 3.63) is 121 Å². The van der Waals surface area contributed by atoms with Crippen LogP contribution in [0.4, 0.5) is 11.4 Å². The van der Waals surface area contributed by atoms with Crippen LogP contribution in [-0.2, 0) is 6.42 Å². The van der Waals surface area contributed by atoms with Crippen LogP contribution in [0.1, 0.15) is 12.5 Å². The Labute approximate surface area is 201 Å². The summed E-state index contributed by atoms with van der Waals surface area (Å²) in [5, 5.41) is 25.1. The van der Waals surface area contributed by atoms with E-state index in [1.165, 1.54) is 21.5 Å². The van der Waals surface area contributed by atoms with E-state index in [0.717, 1.165) is 22.9 Å². The zero-order valence-corrected chi connectivity index (χ0v) is 19.9. The van der Waals surface area contributed by atoms with Gasteiger partial charge in [0.1, 0.15) is 11.4 Å². The summed E-state index contributed by atoms with van der Waals surface area (Å²) in [5.74, 6) is 0.127. The molecule has 1 N–H and O–H groups in total. The molecule has 0 atom stereocenters. The van der Waals surface area contributed by atoms with Crippen LogP contribution in [0.15, 0.2) is 125 Å². The average Bonchev–Trinajstić information content (AvgIpc) is 2.90. The molecule has 0 aliphatic rings. The van der Waals surface area contributed by atoms with Crippen molar-refractivity contribution in [2.24, 2.45) is 10.2 Å². The second kappa shape index (κ2) is 9.99. The summed E-state index contributed by atoms with van der Waals surface area (Å²) in [6, 6.07) is 39.4. The van der Waals surface area contributed by atoms with Gasteiger partial charge in [-0.3, -0.25) is 0 Å². The van der Waals surface area contributed by atoms with Crippen LogP contribution in [0.5, 0.6) is 5.75 Å². The van der Waals surface area contributed by atoms with E-state index in [9.17, 15) is 5.11 Å². The molecule has 5 aromatic rings. The summed E-state index contributed by atoms with van der Waals surface area (Å²) < 4.78 is 0. The van der Waals surface area contributed by atoms with E-state index in [0.29, 0.717) is 5.69 Å². The number of hydrogen-bond donors (Lipinski definition) is 1. The number of phenolic OH excluding ortho intramolecular Hbond substituents is 1. The molecule has 4 heteroatoms. The van der Waals surface area contributed by atoms with Crippen LogP contribution in [0, 0.1) is 0 Å². The number of phenols is 1. The Kier molecular flexibility index (Phi) is 6.46. The number of rotatable bonds is 6. The summed E-state index contributed by atoms with van der Waals surface area (Å²) >= 11 is 0. The minimum absolute atomic E-state index is 0.127. The van der Waals surface area contributed by atoms with Crippen LogP contribution in [0.2, 0.25) is 0 Å². The van der Waals surface area contributed by atoms with E-state index in [-0.39, 0.29) is 5.75 Å². The Bertz CT molecular complexity index is 1390. The van der Waals surface area contributed by atoms with Crippen LogP contribution >= 0.6 is 7.92 Å². The first kappa shape index (κ1) is 22.0. The first-order chi connectivity index (χ1) is 16.7. The van der Waals surface area contributed by atoms with Crippen molar-refractivity contribution < 1.29 is 5.11 Å². The van der Waals surface area contributed by atoms with Crippen molar-refractivity contribution in [1.29, 1.82) is 0 Å². The van der Waals surface area contributed by atoms with Gasteiger partial charge in [-0.05, 0) is 65.5 Å². The maximum absolute atomic E-state index is 10.6. The third-order valence-corrected chi connectivity index (χ3v) is 8.27. The van der Waals surface area contributed by atoms with Gasteiger partial charge in [-0.1, -0.05) is 97.9 Å². The van der Waals surface area contributed by atoms with Gasteiger partial charge in [0.05, 0.1) is 5.69 Å². The third kappa shape index (κ3) is 4.62. The van der Waals surface area contributed by atoms with Crippen LogP contribution in [-0.4, -0.2) is 5.11 Å². The van der Waals surface area contributed by atoms with Crippen molar-refractivity contribution in [1.82, 2.24) is 0 Å². The van der Waals surface area contributed by atoms with Gasteiger partial charge in [0.15, 0.2) is 0 Å². The molecule has 0 saturated heterocycles. The highest BCUT2D eigenvalue weighted by molar-refractivity contribution is 7.79. The van der Waals surface area contributed by atoms with Gasteiger partial charge in [0, 0.05) is 5.39 Å². The monoisotopic (exact) mass is 460 g/mol. The van der Waals surface area contributed by atoms with Gasteiger partial charge in [0.25, 0.3) is 0 Å². The highest BCUT2D eigenvalue weighted by atomic mass is 31.1. The standard InChI is InChI=1S/C30H25N2OP/c1-2-22-13-16-24(17-14-22)31-32-30-28-19-18-27(21-23(28)15-20-29(30)33)34(25-9-5-3-6-10-25)26-11-7-4-8-12-26/h3-21,33H,2H2,1H3. The second-order valence-electron chi connectivity index (χ2n) is 8.07. The van der Waals surface area contributed by atoms with E-state index in [4.69, 9.17) is 0 Å². The smallest absolute Gasteiger partial charge is 0.143 e. The lowest BCUT2D eigenvalue weighted by Crippen LogP contribution is -2.20. The maximum Gasteiger partial charge on any atom is 0.143 e. The van der Waals surface area contributed by atoms with Gasteiger partial charge in [-0.15, -0.1) is 5.11 Å². The molecule has 3 nitrogen and oxygen atoms in total. The molecule has 34 heavy (non-hydrogen) atoms. The molecule has 0 spiro atoms. The zero-order valence-electron chi connectivity index (χ0n) is 19.0. The van der Waals surface area contributed by atoms with Crippen molar-refractivity contribution in [3.8, 4) is 5.75 Å². The number of benzene rings is 5. The third-order valence-electron chi connectivity index (χ3n) is 5.85. The van der Waals surface area contributed by atoms with E-state index >= 15 is 0 Å². The normalized spacial score (nSPS) is 11.5. The van der Waals surface area contributed by atoms with Crippen LogP contribution in [0.25, 0.3) is 10.8 Å². The molecule has 0 bridgehead atoms. The predicted octanol–water partition coefficient (Wildman–Crippen LogP) is 7.28. The highest BCUT2D eigenvalue weighted by Crippen LogP contribution is 2.39. The zero-order chi connectivity index (χ0) is 23.3. The largest absolute Gasteiger partial charge is 0.506 e. The maximum atomic E-state index is 10.6. The fourth-order valence-corrected chi connectivity index (χ4v) is 6.37. The highest BCUT2D eigenvalue weighted by Gasteiger charge is 2.17. The fraction of sp³-hybridized carbons (Fsp3) is 0.0667. The van der Waals surface area contributed by atoms with Crippen LogP contribution < -0.4 is 15.9 Å². The van der Waals surface area contributed by atoms with E-state index in [2.05, 4.69) is 108 Å². The quantitative estimate of drug-likeness (QED) is 0.210. The SMILES string of the molecule is CCc1ccc(N=Nc2c(O)ccc3cc(P(c4ccccc4)c4ccccc4)ccc23)cc1. The number of nitrogens with zero attached hydrogens (tertiary/aromatic N) is 2. The van der Waals surface area contributed by atoms with Gasteiger partial charge < -0.3 is 5.11 Å². The fourth-order valence-electron chi connectivity index (χ4n) is 4.04. The van der Waals surface area contributed by atoms with Crippen molar-refractivity contribution >= 4 is 46.0 Å². The summed E-state index contributed by atoms with van der Waals surface area (Å²) in [4.78, 5) is 0. The summed E-state index contributed by atoms with van der Waals surface area (Å²) in [5.41, 5.74) is 2.52. The number of azo groups is 1. The van der Waals surface area contributed by atoms with Crippen molar-refractivity contribution in [2.75, 3.05) is 0 Å². The first-order valence-electron chi connectivity index (χ1n) is 11.4. The van der Waals surface area contributed by atoms with Crippen molar-refractivity contribution in [3.63, 3.8) is 0 Å².